The zero-order valence-corrected chi connectivity index (χ0v) is 13.8. The van der Waals surface area contributed by atoms with E-state index in [1.807, 2.05) is 0 Å². The van der Waals surface area contributed by atoms with Gasteiger partial charge in [0, 0.05) is 38.8 Å². The fraction of sp³-hybridized carbons (Fsp3) is 0.941. The molecule has 1 aliphatic heterocycles. The predicted molar refractivity (Wildman–Crippen MR) is 85.5 cm³/mol. The Balaban J connectivity index is 1.73. The SMILES string of the molecule is CC(C)C1CCCC(N2CCN(CCC(=O)O)CC2)CC1. The lowest BCUT2D eigenvalue weighted by molar-refractivity contribution is -0.137. The predicted octanol–water partition coefficient (Wildman–Crippen LogP) is 2.68. The van der Waals surface area contributed by atoms with Crippen LogP contribution in [0.2, 0.25) is 0 Å². The molecule has 122 valence electrons. The van der Waals surface area contributed by atoms with Crippen molar-refractivity contribution < 1.29 is 9.90 Å². The van der Waals surface area contributed by atoms with Gasteiger partial charge in [0.1, 0.15) is 0 Å². The third kappa shape index (κ3) is 5.26. The van der Waals surface area contributed by atoms with Crippen molar-refractivity contribution in [3.05, 3.63) is 0 Å². The summed E-state index contributed by atoms with van der Waals surface area (Å²) in [5, 5.41) is 8.76. The van der Waals surface area contributed by atoms with E-state index in [0.29, 0.717) is 6.54 Å². The van der Waals surface area contributed by atoms with Gasteiger partial charge in [0.25, 0.3) is 0 Å². The van der Waals surface area contributed by atoms with Gasteiger partial charge >= 0.3 is 5.97 Å². The number of rotatable bonds is 5. The van der Waals surface area contributed by atoms with Gasteiger partial charge in [0.15, 0.2) is 0 Å². The molecule has 1 saturated carbocycles. The van der Waals surface area contributed by atoms with Crippen LogP contribution in [0.15, 0.2) is 0 Å². The second kappa shape index (κ2) is 8.14. The Bertz CT molecular complexity index is 325. The van der Waals surface area contributed by atoms with Crippen molar-refractivity contribution in [1.82, 2.24) is 9.80 Å². The van der Waals surface area contributed by atoms with Crippen molar-refractivity contribution in [3.8, 4) is 0 Å². The molecule has 2 rings (SSSR count). The van der Waals surface area contributed by atoms with Crippen molar-refractivity contribution in [2.45, 2.75) is 58.4 Å². The Morgan fingerprint density at radius 1 is 1.10 bits per heavy atom. The molecule has 0 amide bonds. The zero-order chi connectivity index (χ0) is 15.2. The van der Waals surface area contributed by atoms with E-state index < -0.39 is 5.97 Å². The third-order valence-electron chi connectivity index (χ3n) is 5.49. The number of nitrogens with zero attached hydrogens (tertiary/aromatic N) is 2. The average molecular weight is 296 g/mol. The molecule has 2 unspecified atom stereocenters. The van der Waals surface area contributed by atoms with E-state index in [4.69, 9.17) is 5.11 Å². The standard InChI is InChI=1S/C17H32N2O2/c1-14(2)15-4-3-5-16(7-6-15)19-12-10-18(11-13-19)9-8-17(20)21/h14-16H,3-13H2,1-2H3,(H,20,21). The first-order valence-corrected chi connectivity index (χ1v) is 8.74. The van der Waals surface area contributed by atoms with Gasteiger partial charge in [-0.05, 0) is 31.1 Å². The molecule has 1 aliphatic carbocycles. The molecule has 1 heterocycles. The Morgan fingerprint density at radius 2 is 1.81 bits per heavy atom. The summed E-state index contributed by atoms with van der Waals surface area (Å²) in [6.45, 7) is 9.77. The molecule has 0 aromatic carbocycles. The molecule has 0 aromatic rings. The number of aliphatic carboxylic acids is 1. The molecule has 21 heavy (non-hydrogen) atoms. The monoisotopic (exact) mass is 296 g/mol. The number of hydrogen-bond acceptors (Lipinski definition) is 3. The molecule has 1 N–H and O–H groups in total. The number of carboxylic acid groups (broad SMARTS) is 1. The van der Waals surface area contributed by atoms with Crippen LogP contribution < -0.4 is 0 Å². The van der Waals surface area contributed by atoms with Gasteiger partial charge in [-0.2, -0.15) is 0 Å². The fourth-order valence-electron chi connectivity index (χ4n) is 3.95. The highest BCUT2D eigenvalue weighted by Crippen LogP contribution is 2.31. The van der Waals surface area contributed by atoms with E-state index >= 15 is 0 Å². The Labute approximate surface area is 129 Å². The van der Waals surface area contributed by atoms with Crippen molar-refractivity contribution in [3.63, 3.8) is 0 Å². The summed E-state index contributed by atoms with van der Waals surface area (Å²) in [5.74, 6) is 1.07. The maximum atomic E-state index is 10.6. The van der Waals surface area contributed by atoms with Crippen LogP contribution in [0.5, 0.6) is 0 Å². The summed E-state index contributed by atoms with van der Waals surface area (Å²) >= 11 is 0. The topological polar surface area (TPSA) is 43.8 Å². The molecule has 0 bridgehead atoms. The lowest BCUT2D eigenvalue weighted by Crippen LogP contribution is -2.50. The largest absolute Gasteiger partial charge is 0.481 e. The summed E-state index contributed by atoms with van der Waals surface area (Å²) in [4.78, 5) is 15.6. The highest BCUT2D eigenvalue weighted by molar-refractivity contribution is 5.66. The van der Waals surface area contributed by atoms with Crippen molar-refractivity contribution >= 4 is 5.97 Å². The van der Waals surface area contributed by atoms with Crippen LogP contribution in [0.25, 0.3) is 0 Å². The maximum Gasteiger partial charge on any atom is 0.304 e. The number of carbonyl (C=O) groups is 1. The van der Waals surface area contributed by atoms with Gasteiger partial charge < -0.3 is 10.0 Å². The molecular weight excluding hydrogens is 264 g/mol. The van der Waals surface area contributed by atoms with Crippen molar-refractivity contribution in [1.29, 1.82) is 0 Å². The van der Waals surface area contributed by atoms with E-state index in [1.165, 1.54) is 32.1 Å². The summed E-state index contributed by atoms with van der Waals surface area (Å²) < 4.78 is 0. The highest BCUT2D eigenvalue weighted by atomic mass is 16.4. The number of carboxylic acids is 1. The van der Waals surface area contributed by atoms with E-state index in [2.05, 4.69) is 23.6 Å². The third-order valence-corrected chi connectivity index (χ3v) is 5.49. The van der Waals surface area contributed by atoms with Gasteiger partial charge in [-0.25, -0.2) is 0 Å². The smallest absolute Gasteiger partial charge is 0.304 e. The summed E-state index contributed by atoms with van der Waals surface area (Å²) in [7, 11) is 0. The molecule has 1 saturated heterocycles. The van der Waals surface area contributed by atoms with Crippen LogP contribution in [0.3, 0.4) is 0 Å². The Kier molecular flexibility index (Phi) is 6.49. The van der Waals surface area contributed by atoms with Gasteiger partial charge in [0.05, 0.1) is 6.42 Å². The van der Waals surface area contributed by atoms with Crippen LogP contribution >= 0.6 is 0 Å². The first kappa shape index (κ1) is 16.8. The van der Waals surface area contributed by atoms with Crippen molar-refractivity contribution in [2.75, 3.05) is 32.7 Å². The van der Waals surface area contributed by atoms with Crippen molar-refractivity contribution in [2.24, 2.45) is 11.8 Å². The summed E-state index contributed by atoms with van der Waals surface area (Å²) in [6.07, 6.45) is 7.18. The number of piperazine rings is 1. The van der Waals surface area contributed by atoms with E-state index in [1.54, 1.807) is 0 Å². The molecule has 0 spiro atoms. The minimum Gasteiger partial charge on any atom is -0.481 e. The van der Waals surface area contributed by atoms with Gasteiger partial charge in [0.2, 0.25) is 0 Å². The summed E-state index contributed by atoms with van der Waals surface area (Å²) in [5.41, 5.74) is 0. The van der Waals surface area contributed by atoms with Gasteiger partial charge in [-0.3, -0.25) is 9.69 Å². The van der Waals surface area contributed by atoms with Crippen LogP contribution in [-0.2, 0) is 4.79 Å². The second-order valence-electron chi connectivity index (χ2n) is 7.19. The van der Waals surface area contributed by atoms with Crippen LogP contribution in [0, 0.1) is 11.8 Å². The average Bonchev–Trinajstić information content (AvgIpc) is 2.71. The second-order valence-corrected chi connectivity index (χ2v) is 7.19. The molecular formula is C17H32N2O2. The highest BCUT2D eigenvalue weighted by Gasteiger charge is 2.27. The molecule has 4 heteroatoms. The first-order chi connectivity index (χ1) is 10.1. The normalized spacial score (nSPS) is 29.5. The van der Waals surface area contributed by atoms with E-state index in [-0.39, 0.29) is 6.42 Å². The zero-order valence-electron chi connectivity index (χ0n) is 13.8. The van der Waals surface area contributed by atoms with E-state index in [9.17, 15) is 4.79 Å². The minimum atomic E-state index is -0.680. The Hall–Kier alpha value is -0.610. The first-order valence-electron chi connectivity index (χ1n) is 8.74. The van der Waals surface area contributed by atoms with Gasteiger partial charge in [-0.1, -0.05) is 26.7 Å². The minimum absolute atomic E-state index is 0.277. The van der Waals surface area contributed by atoms with Crippen LogP contribution in [0.1, 0.15) is 52.4 Å². The lowest BCUT2D eigenvalue weighted by Gasteiger charge is -2.39. The molecule has 4 nitrogen and oxygen atoms in total. The molecule has 2 aliphatic rings. The van der Waals surface area contributed by atoms with E-state index in [0.717, 1.165) is 44.1 Å². The van der Waals surface area contributed by atoms with Crippen LogP contribution in [0.4, 0.5) is 0 Å². The lowest BCUT2D eigenvalue weighted by atomic mass is 9.89. The van der Waals surface area contributed by atoms with Gasteiger partial charge in [-0.15, -0.1) is 0 Å². The summed E-state index contributed by atoms with van der Waals surface area (Å²) in [6, 6.07) is 0.773. The maximum absolute atomic E-state index is 10.6. The Morgan fingerprint density at radius 3 is 2.43 bits per heavy atom. The quantitative estimate of drug-likeness (QED) is 0.792. The molecule has 2 fully saturated rings. The molecule has 2 atom stereocenters. The number of hydrogen-bond donors (Lipinski definition) is 1. The molecule has 0 radical (unpaired) electrons. The molecule has 0 aromatic heterocycles. The van der Waals surface area contributed by atoms with Crippen LogP contribution in [-0.4, -0.2) is 59.6 Å². The fourth-order valence-corrected chi connectivity index (χ4v) is 3.95.